The zero-order chi connectivity index (χ0) is 12.1. The number of methoxy groups -OCH3 is 1. The predicted molar refractivity (Wildman–Crippen MR) is 53.5 cm³/mol. The number of aliphatic carboxylic acids is 1. The third-order valence-corrected chi connectivity index (χ3v) is 2.19. The summed E-state index contributed by atoms with van der Waals surface area (Å²) in [6.07, 6.45) is 0.296. The van der Waals surface area contributed by atoms with Crippen molar-refractivity contribution in [2.75, 3.05) is 7.11 Å². The second-order valence-corrected chi connectivity index (χ2v) is 3.29. The Morgan fingerprint density at radius 3 is 2.69 bits per heavy atom. The fourth-order valence-corrected chi connectivity index (χ4v) is 1.42. The van der Waals surface area contributed by atoms with Gasteiger partial charge in [-0.05, 0) is 25.0 Å². The maximum absolute atomic E-state index is 13.4. The van der Waals surface area contributed by atoms with Crippen LogP contribution >= 0.6 is 0 Å². The molecule has 0 unspecified atom stereocenters. The molecule has 1 N–H and O–H groups in total. The van der Waals surface area contributed by atoms with Crippen molar-refractivity contribution >= 4 is 5.97 Å². The first-order valence-electron chi connectivity index (χ1n) is 4.79. The Morgan fingerprint density at radius 1 is 1.44 bits per heavy atom. The summed E-state index contributed by atoms with van der Waals surface area (Å²) in [5.74, 6) is -2.64. The molecular formula is C11H12F2O3. The molecule has 0 aliphatic rings. The van der Waals surface area contributed by atoms with Gasteiger partial charge in [-0.3, -0.25) is 4.79 Å². The van der Waals surface area contributed by atoms with Crippen LogP contribution in [0.5, 0.6) is 5.75 Å². The number of carboxylic acids is 1. The standard InChI is InChI=1S/C11H12F2O3/c1-16-9-6-5-8(12)11(13)7(9)3-2-4-10(14)15/h5-6H,2-4H2,1H3,(H,14,15). The average molecular weight is 230 g/mol. The first-order chi connectivity index (χ1) is 7.56. The van der Waals surface area contributed by atoms with E-state index in [1.165, 1.54) is 13.2 Å². The largest absolute Gasteiger partial charge is 0.496 e. The van der Waals surface area contributed by atoms with E-state index >= 15 is 0 Å². The van der Waals surface area contributed by atoms with Crippen molar-refractivity contribution in [2.45, 2.75) is 19.3 Å². The molecule has 16 heavy (non-hydrogen) atoms. The molecule has 0 aromatic heterocycles. The Kier molecular flexibility index (Phi) is 4.22. The molecule has 1 aromatic carbocycles. The van der Waals surface area contributed by atoms with Crippen LogP contribution in [-0.4, -0.2) is 18.2 Å². The molecule has 1 rings (SSSR count). The summed E-state index contributed by atoms with van der Waals surface area (Å²) in [6, 6.07) is 2.31. The van der Waals surface area contributed by atoms with Gasteiger partial charge in [0.15, 0.2) is 11.6 Å². The SMILES string of the molecule is COc1ccc(F)c(F)c1CCCC(=O)O. The number of ether oxygens (including phenoxy) is 1. The Morgan fingerprint density at radius 2 is 2.12 bits per heavy atom. The van der Waals surface area contributed by atoms with Crippen molar-refractivity contribution in [3.05, 3.63) is 29.3 Å². The van der Waals surface area contributed by atoms with Crippen LogP contribution in [0.3, 0.4) is 0 Å². The minimum absolute atomic E-state index is 0.0842. The van der Waals surface area contributed by atoms with E-state index in [4.69, 9.17) is 9.84 Å². The number of rotatable bonds is 5. The van der Waals surface area contributed by atoms with Crippen molar-refractivity contribution in [1.29, 1.82) is 0 Å². The molecule has 1 aromatic rings. The lowest BCUT2D eigenvalue weighted by molar-refractivity contribution is -0.137. The first kappa shape index (κ1) is 12.4. The van der Waals surface area contributed by atoms with E-state index in [9.17, 15) is 13.6 Å². The molecule has 0 radical (unpaired) electrons. The van der Waals surface area contributed by atoms with Crippen LogP contribution in [0.25, 0.3) is 0 Å². The summed E-state index contributed by atoms with van der Waals surface area (Å²) in [5.41, 5.74) is 0.0868. The van der Waals surface area contributed by atoms with Gasteiger partial charge in [0.25, 0.3) is 0 Å². The summed E-state index contributed by atoms with van der Waals surface area (Å²) in [6.45, 7) is 0. The van der Waals surface area contributed by atoms with E-state index < -0.39 is 17.6 Å². The second kappa shape index (κ2) is 5.44. The van der Waals surface area contributed by atoms with Crippen molar-refractivity contribution < 1.29 is 23.4 Å². The van der Waals surface area contributed by atoms with Crippen molar-refractivity contribution in [3.63, 3.8) is 0 Å². The van der Waals surface area contributed by atoms with Crippen LogP contribution in [0.4, 0.5) is 8.78 Å². The Labute approximate surface area is 91.7 Å². The molecule has 0 fully saturated rings. The summed E-state index contributed by atoms with van der Waals surface area (Å²) >= 11 is 0. The zero-order valence-corrected chi connectivity index (χ0v) is 8.80. The molecule has 0 saturated carbocycles. The Hall–Kier alpha value is -1.65. The van der Waals surface area contributed by atoms with Crippen molar-refractivity contribution in [1.82, 2.24) is 0 Å². The third kappa shape index (κ3) is 2.92. The lowest BCUT2D eigenvalue weighted by Gasteiger charge is -2.09. The average Bonchev–Trinajstić information content (AvgIpc) is 2.24. The van der Waals surface area contributed by atoms with Gasteiger partial charge in [0.2, 0.25) is 0 Å². The summed E-state index contributed by atoms with van der Waals surface area (Å²) in [5, 5.41) is 8.44. The number of hydrogen-bond donors (Lipinski definition) is 1. The maximum atomic E-state index is 13.4. The quantitative estimate of drug-likeness (QED) is 0.844. The highest BCUT2D eigenvalue weighted by molar-refractivity contribution is 5.66. The van der Waals surface area contributed by atoms with E-state index in [1.807, 2.05) is 0 Å². The van der Waals surface area contributed by atoms with Crippen LogP contribution in [-0.2, 0) is 11.2 Å². The van der Waals surface area contributed by atoms with Crippen LogP contribution in [0.2, 0.25) is 0 Å². The van der Waals surface area contributed by atoms with E-state index in [0.29, 0.717) is 0 Å². The summed E-state index contributed by atoms with van der Waals surface area (Å²) < 4.78 is 31.2. The van der Waals surface area contributed by atoms with Gasteiger partial charge in [0, 0.05) is 12.0 Å². The van der Waals surface area contributed by atoms with Gasteiger partial charge in [-0.1, -0.05) is 0 Å². The number of benzene rings is 1. The number of carboxylic acid groups (broad SMARTS) is 1. The normalized spacial score (nSPS) is 10.2. The van der Waals surface area contributed by atoms with Crippen molar-refractivity contribution in [3.8, 4) is 5.75 Å². The molecule has 0 aliphatic carbocycles. The molecule has 5 heteroatoms. The van der Waals surface area contributed by atoms with Crippen molar-refractivity contribution in [2.24, 2.45) is 0 Å². The lowest BCUT2D eigenvalue weighted by Crippen LogP contribution is -2.01. The molecular weight excluding hydrogens is 218 g/mol. The lowest BCUT2D eigenvalue weighted by atomic mass is 10.1. The van der Waals surface area contributed by atoms with Crippen LogP contribution in [0.15, 0.2) is 12.1 Å². The zero-order valence-electron chi connectivity index (χ0n) is 8.80. The number of carbonyl (C=O) groups is 1. The fourth-order valence-electron chi connectivity index (χ4n) is 1.42. The number of halogens is 2. The Bertz CT molecular complexity index is 391. The molecule has 0 amide bonds. The smallest absolute Gasteiger partial charge is 0.303 e. The first-order valence-corrected chi connectivity index (χ1v) is 4.79. The molecule has 0 bridgehead atoms. The van der Waals surface area contributed by atoms with E-state index in [-0.39, 0.29) is 30.6 Å². The van der Waals surface area contributed by atoms with Gasteiger partial charge in [-0.15, -0.1) is 0 Å². The highest BCUT2D eigenvalue weighted by Crippen LogP contribution is 2.25. The van der Waals surface area contributed by atoms with Gasteiger partial charge in [0.1, 0.15) is 5.75 Å². The predicted octanol–water partition coefficient (Wildman–Crippen LogP) is 2.38. The van der Waals surface area contributed by atoms with Crippen LogP contribution in [0, 0.1) is 11.6 Å². The van der Waals surface area contributed by atoms with Gasteiger partial charge >= 0.3 is 5.97 Å². The maximum Gasteiger partial charge on any atom is 0.303 e. The minimum Gasteiger partial charge on any atom is -0.496 e. The Balaban J connectivity index is 2.83. The van der Waals surface area contributed by atoms with E-state index in [0.717, 1.165) is 6.07 Å². The molecule has 88 valence electrons. The monoisotopic (exact) mass is 230 g/mol. The second-order valence-electron chi connectivity index (χ2n) is 3.29. The van der Waals surface area contributed by atoms with E-state index in [1.54, 1.807) is 0 Å². The van der Waals surface area contributed by atoms with Crippen LogP contribution < -0.4 is 4.74 Å². The molecule has 0 atom stereocenters. The summed E-state index contributed by atoms with van der Waals surface area (Å²) in [4.78, 5) is 10.3. The van der Waals surface area contributed by atoms with Crippen LogP contribution in [0.1, 0.15) is 18.4 Å². The van der Waals surface area contributed by atoms with E-state index in [2.05, 4.69) is 0 Å². The van der Waals surface area contributed by atoms with Gasteiger partial charge in [-0.2, -0.15) is 0 Å². The summed E-state index contributed by atoms with van der Waals surface area (Å²) in [7, 11) is 1.35. The van der Waals surface area contributed by atoms with Gasteiger partial charge in [-0.25, -0.2) is 8.78 Å². The topological polar surface area (TPSA) is 46.5 Å². The molecule has 0 saturated heterocycles. The highest BCUT2D eigenvalue weighted by Gasteiger charge is 2.14. The fraction of sp³-hybridized carbons (Fsp3) is 0.364. The van der Waals surface area contributed by atoms with Gasteiger partial charge in [0.05, 0.1) is 7.11 Å². The molecule has 0 aliphatic heterocycles. The molecule has 0 heterocycles. The molecule has 0 spiro atoms. The molecule has 3 nitrogen and oxygen atoms in total. The minimum atomic E-state index is -0.968. The third-order valence-electron chi connectivity index (χ3n) is 2.19. The van der Waals surface area contributed by atoms with Gasteiger partial charge < -0.3 is 9.84 Å². The highest BCUT2D eigenvalue weighted by atomic mass is 19.2. The number of hydrogen-bond acceptors (Lipinski definition) is 2.